The molecular weight excluding hydrogens is 255 g/mol. The van der Waals surface area contributed by atoms with Crippen LogP contribution in [0.3, 0.4) is 0 Å². The van der Waals surface area contributed by atoms with Crippen LogP contribution in [0.2, 0.25) is 0 Å². The van der Waals surface area contributed by atoms with Gasteiger partial charge in [-0.15, -0.1) is 6.58 Å². The van der Waals surface area contributed by atoms with Crippen molar-refractivity contribution < 1.29 is 9.18 Å². The molecule has 0 saturated carbocycles. The molecule has 1 atom stereocenters. The number of amides is 1. The number of halogens is 1. The topological polar surface area (TPSA) is 32.3 Å². The molecule has 1 N–H and O–H groups in total. The molecule has 0 aromatic heterocycles. The Kier molecular flexibility index (Phi) is 5.30. The van der Waals surface area contributed by atoms with Crippen LogP contribution in [0.1, 0.15) is 24.8 Å². The first-order chi connectivity index (χ1) is 9.72. The zero-order valence-electron chi connectivity index (χ0n) is 11.6. The summed E-state index contributed by atoms with van der Waals surface area (Å²) in [5, 5.41) is 3.24. The van der Waals surface area contributed by atoms with E-state index in [2.05, 4.69) is 11.9 Å². The van der Waals surface area contributed by atoms with Crippen LogP contribution in [0.25, 0.3) is 0 Å². The van der Waals surface area contributed by atoms with Crippen molar-refractivity contribution in [3.05, 3.63) is 48.3 Å². The maximum Gasteiger partial charge on any atom is 0.223 e. The van der Waals surface area contributed by atoms with E-state index in [1.165, 1.54) is 6.07 Å². The first kappa shape index (κ1) is 14.7. The summed E-state index contributed by atoms with van der Waals surface area (Å²) in [5.41, 5.74) is 0.590. The smallest absolute Gasteiger partial charge is 0.223 e. The zero-order valence-corrected chi connectivity index (χ0v) is 11.6. The zero-order chi connectivity index (χ0) is 14.4. The number of hydrogen-bond acceptors (Lipinski definition) is 2. The molecule has 1 saturated heterocycles. The first-order valence-electron chi connectivity index (χ1n) is 7.07. The molecule has 1 aromatic rings. The molecule has 3 nitrogen and oxygen atoms in total. The minimum absolute atomic E-state index is 0.127. The van der Waals surface area contributed by atoms with E-state index in [-0.39, 0.29) is 17.8 Å². The third-order valence-corrected chi connectivity index (χ3v) is 3.69. The van der Waals surface area contributed by atoms with Gasteiger partial charge in [-0.2, -0.15) is 0 Å². The van der Waals surface area contributed by atoms with E-state index in [0.29, 0.717) is 18.5 Å². The average molecular weight is 276 g/mol. The highest BCUT2D eigenvalue weighted by molar-refractivity contribution is 5.78. The first-order valence-corrected chi connectivity index (χ1v) is 7.07. The fraction of sp³-hybridized carbons (Fsp3) is 0.438. The molecular formula is C16H21FN2O. The number of carbonyl (C=O) groups excluding carboxylic acids is 1. The van der Waals surface area contributed by atoms with Crippen LogP contribution in [0.5, 0.6) is 0 Å². The molecule has 1 amide bonds. The summed E-state index contributed by atoms with van der Waals surface area (Å²) in [6, 6.07) is 6.87. The highest BCUT2D eigenvalue weighted by atomic mass is 19.1. The van der Waals surface area contributed by atoms with Gasteiger partial charge >= 0.3 is 0 Å². The van der Waals surface area contributed by atoms with E-state index in [1.54, 1.807) is 18.2 Å². The summed E-state index contributed by atoms with van der Waals surface area (Å²) in [5.74, 6) is -0.113. The Bertz CT molecular complexity index is 475. The highest BCUT2D eigenvalue weighted by Gasteiger charge is 2.30. The SMILES string of the molecule is C=CCNCCC1CCC(=O)N1Cc1ccccc1F. The summed E-state index contributed by atoms with van der Waals surface area (Å²) >= 11 is 0. The molecule has 0 bridgehead atoms. The van der Waals surface area contributed by atoms with Crippen LogP contribution >= 0.6 is 0 Å². The quantitative estimate of drug-likeness (QED) is 0.613. The molecule has 1 aliphatic heterocycles. The average Bonchev–Trinajstić information content (AvgIpc) is 2.79. The Morgan fingerprint density at radius 3 is 3.00 bits per heavy atom. The van der Waals surface area contributed by atoms with Crippen LogP contribution in [-0.2, 0) is 11.3 Å². The van der Waals surface area contributed by atoms with Crippen molar-refractivity contribution in [1.82, 2.24) is 10.2 Å². The summed E-state index contributed by atoms with van der Waals surface area (Å²) in [7, 11) is 0. The van der Waals surface area contributed by atoms with Crippen LogP contribution in [0.4, 0.5) is 4.39 Å². The Hall–Kier alpha value is -1.68. The number of benzene rings is 1. The monoisotopic (exact) mass is 276 g/mol. The van der Waals surface area contributed by atoms with Crippen molar-refractivity contribution >= 4 is 5.91 Å². The van der Waals surface area contributed by atoms with Gasteiger partial charge < -0.3 is 10.2 Å². The van der Waals surface area contributed by atoms with Gasteiger partial charge in [0, 0.05) is 31.1 Å². The summed E-state index contributed by atoms with van der Waals surface area (Å²) in [6.45, 7) is 5.64. The second kappa shape index (κ2) is 7.20. The molecule has 4 heteroatoms. The lowest BCUT2D eigenvalue weighted by atomic mass is 10.1. The fourth-order valence-corrected chi connectivity index (χ4v) is 2.59. The van der Waals surface area contributed by atoms with Gasteiger partial charge in [-0.1, -0.05) is 24.3 Å². The summed E-state index contributed by atoms with van der Waals surface area (Å²) < 4.78 is 13.7. The molecule has 1 aliphatic rings. The van der Waals surface area contributed by atoms with Gasteiger partial charge in [0.25, 0.3) is 0 Å². The Morgan fingerprint density at radius 1 is 1.45 bits per heavy atom. The highest BCUT2D eigenvalue weighted by Crippen LogP contribution is 2.24. The van der Waals surface area contributed by atoms with Gasteiger partial charge in [-0.3, -0.25) is 4.79 Å². The summed E-state index contributed by atoms with van der Waals surface area (Å²) in [6.07, 6.45) is 4.15. The van der Waals surface area contributed by atoms with E-state index >= 15 is 0 Å². The van der Waals surface area contributed by atoms with Crippen molar-refractivity contribution in [3.63, 3.8) is 0 Å². The second-order valence-electron chi connectivity index (χ2n) is 5.09. The number of nitrogens with zero attached hydrogens (tertiary/aromatic N) is 1. The van der Waals surface area contributed by atoms with Crippen LogP contribution in [-0.4, -0.2) is 29.9 Å². The van der Waals surface area contributed by atoms with Crippen LogP contribution in [0.15, 0.2) is 36.9 Å². The number of likely N-dealkylation sites (tertiary alicyclic amines) is 1. The van der Waals surface area contributed by atoms with Crippen molar-refractivity contribution in [3.8, 4) is 0 Å². The third-order valence-electron chi connectivity index (χ3n) is 3.69. The molecule has 108 valence electrons. The molecule has 1 aromatic carbocycles. The lowest BCUT2D eigenvalue weighted by Crippen LogP contribution is -2.35. The molecule has 1 unspecified atom stereocenters. The molecule has 2 rings (SSSR count). The number of nitrogens with one attached hydrogen (secondary N) is 1. The molecule has 20 heavy (non-hydrogen) atoms. The maximum atomic E-state index is 13.7. The van der Waals surface area contributed by atoms with E-state index in [0.717, 1.165) is 25.9 Å². The van der Waals surface area contributed by atoms with Crippen molar-refractivity contribution in [2.45, 2.75) is 31.8 Å². The van der Waals surface area contributed by atoms with Gasteiger partial charge in [0.2, 0.25) is 5.91 Å². The fourth-order valence-electron chi connectivity index (χ4n) is 2.59. The van der Waals surface area contributed by atoms with Gasteiger partial charge in [-0.05, 0) is 25.5 Å². The van der Waals surface area contributed by atoms with Crippen molar-refractivity contribution in [2.24, 2.45) is 0 Å². The number of hydrogen-bond donors (Lipinski definition) is 1. The third kappa shape index (κ3) is 3.67. The van der Waals surface area contributed by atoms with E-state index in [9.17, 15) is 9.18 Å². The van der Waals surface area contributed by atoms with Crippen molar-refractivity contribution in [1.29, 1.82) is 0 Å². The molecule has 1 heterocycles. The predicted octanol–water partition coefficient (Wildman–Crippen LogP) is 2.48. The lowest BCUT2D eigenvalue weighted by Gasteiger charge is -2.25. The Balaban J connectivity index is 1.94. The van der Waals surface area contributed by atoms with Crippen LogP contribution in [0, 0.1) is 5.82 Å². The van der Waals surface area contributed by atoms with E-state index in [1.807, 2.05) is 11.0 Å². The normalized spacial score (nSPS) is 18.6. The van der Waals surface area contributed by atoms with Crippen molar-refractivity contribution in [2.75, 3.05) is 13.1 Å². The van der Waals surface area contributed by atoms with Gasteiger partial charge in [0.15, 0.2) is 0 Å². The Morgan fingerprint density at radius 2 is 2.25 bits per heavy atom. The van der Waals surface area contributed by atoms with E-state index in [4.69, 9.17) is 0 Å². The minimum atomic E-state index is -0.240. The number of rotatable bonds is 7. The lowest BCUT2D eigenvalue weighted by molar-refractivity contribution is -0.129. The molecule has 0 aliphatic carbocycles. The largest absolute Gasteiger partial charge is 0.335 e. The summed E-state index contributed by atoms with van der Waals surface area (Å²) in [4.78, 5) is 13.8. The standard InChI is InChI=1S/C16H21FN2O/c1-2-10-18-11-9-14-7-8-16(20)19(14)12-13-5-3-4-6-15(13)17/h2-6,14,18H,1,7-12H2. The van der Waals surface area contributed by atoms with Gasteiger partial charge in [0.1, 0.15) is 5.82 Å². The van der Waals surface area contributed by atoms with Gasteiger partial charge in [-0.25, -0.2) is 4.39 Å². The van der Waals surface area contributed by atoms with Gasteiger partial charge in [0.05, 0.1) is 0 Å². The second-order valence-corrected chi connectivity index (χ2v) is 5.09. The molecule has 0 radical (unpaired) electrons. The minimum Gasteiger partial charge on any atom is -0.335 e. The van der Waals surface area contributed by atoms with Crippen LogP contribution < -0.4 is 5.32 Å². The molecule has 0 spiro atoms. The number of carbonyl (C=O) groups is 1. The molecule has 1 fully saturated rings. The maximum absolute atomic E-state index is 13.7. The predicted molar refractivity (Wildman–Crippen MR) is 77.7 cm³/mol. The Labute approximate surface area is 119 Å². The van der Waals surface area contributed by atoms with E-state index < -0.39 is 0 Å².